The van der Waals surface area contributed by atoms with E-state index in [0.29, 0.717) is 11.4 Å². The zero-order chi connectivity index (χ0) is 21.5. The van der Waals surface area contributed by atoms with Crippen molar-refractivity contribution in [3.05, 3.63) is 41.4 Å². The Morgan fingerprint density at radius 1 is 1.23 bits per heavy atom. The SMILES string of the molecule is Cc1ncc(C2(C)CN(c3ccnc(C(F)(F)F)n3)C(=O)O2)c(C2CCNCC2)n1. The molecule has 2 aliphatic rings. The van der Waals surface area contributed by atoms with Gasteiger partial charge in [-0.2, -0.15) is 13.2 Å². The van der Waals surface area contributed by atoms with Crippen LogP contribution in [0, 0.1) is 6.92 Å². The molecule has 2 fully saturated rings. The lowest BCUT2D eigenvalue weighted by Gasteiger charge is -2.29. The van der Waals surface area contributed by atoms with Crippen molar-refractivity contribution in [2.75, 3.05) is 24.5 Å². The van der Waals surface area contributed by atoms with E-state index in [2.05, 4.69) is 25.3 Å². The molecule has 1 amide bonds. The van der Waals surface area contributed by atoms with E-state index in [0.717, 1.165) is 42.7 Å². The highest BCUT2D eigenvalue weighted by Crippen LogP contribution is 2.39. The second-order valence-corrected chi connectivity index (χ2v) is 7.66. The third-order valence-electron chi connectivity index (χ3n) is 5.40. The molecule has 2 aromatic rings. The summed E-state index contributed by atoms with van der Waals surface area (Å²) in [6, 6.07) is 1.25. The van der Waals surface area contributed by atoms with Gasteiger partial charge in [-0.3, -0.25) is 4.90 Å². The third kappa shape index (κ3) is 3.81. The molecule has 11 heteroatoms. The zero-order valence-corrected chi connectivity index (χ0v) is 16.5. The van der Waals surface area contributed by atoms with Gasteiger partial charge in [-0.05, 0) is 45.8 Å². The van der Waals surface area contributed by atoms with Crippen LogP contribution in [0.2, 0.25) is 0 Å². The van der Waals surface area contributed by atoms with Crippen molar-refractivity contribution < 1.29 is 22.7 Å². The van der Waals surface area contributed by atoms with Crippen molar-refractivity contribution in [1.82, 2.24) is 25.3 Å². The van der Waals surface area contributed by atoms with Gasteiger partial charge in [0.05, 0.1) is 12.2 Å². The van der Waals surface area contributed by atoms with Crippen molar-refractivity contribution in [2.24, 2.45) is 0 Å². The molecule has 2 aliphatic heterocycles. The quantitative estimate of drug-likeness (QED) is 0.813. The first kappa shape index (κ1) is 20.5. The van der Waals surface area contributed by atoms with Crippen LogP contribution >= 0.6 is 0 Å². The number of hydrogen-bond donors (Lipinski definition) is 1. The van der Waals surface area contributed by atoms with E-state index < -0.39 is 23.7 Å². The van der Waals surface area contributed by atoms with Gasteiger partial charge < -0.3 is 10.1 Å². The maximum atomic E-state index is 13.0. The van der Waals surface area contributed by atoms with Crippen molar-refractivity contribution in [3.8, 4) is 0 Å². The Bertz CT molecular complexity index is 964. The lowest BCUT2D eigenvalue weighted by atomic mass is 9.86. The van der Waals surface area contributed by atoms with Crippen LogP contribution in [0.5, 0.6) is 0 Å². The van der Waals surface area contributed by atoms with Gasteiger partial charge in [0.2, 0.25) is 5.82 Å². The van der Waals surface area contributed by atoms with Crippen molar-refractivity contribution in [3.63, 3.8) is 0 Å². The first-order valence-corrected chi connectivity index (χ1v) is 9.63. The lowest BCUT2D eigenvalue weighted by Crippen LogP contribution is -2.34. The average Bonchev–Trinajstić information content (AvgIpc) is 3.03. The van der Waals surface area contributed by atoms with Gasteiger partial charge in [-0.1, -0.05) is 0 Å². The fourth-order valence-electron chi connectivity index (χ4n) is 3.90. The summed E-state index contributed by atoms with van der Waals surface area (Å²) in [7, 11) is 0. The molecular formula is C19H21F3N6O2. The Hall–Kier alpha value is -2.82. The number of nitrogens with one attached hydrogen (secondary N) is 1. The van der Waals surface area contributed by atoms with Crippen molar-refractivity contribution >= 4 is 11.9 Å². The predicted octanol–water partition coefficient (Wildman–Crippen LogP) is 2.93. The van der Waals surface area contributed by atoms with Crippen LogP contribution in [0.4, 0.5) is 23.8 Å². The molecule has 2 aromatic heterocycles. The minimum atomic E-state index is -4.71. The number of aromatic nitrogens is 4. The van der Waals surface area contributed by atoms with Gasteiger partial charge in [-0.25, -0.2) is 24.7 Å². The molecule has 0 aliphatic carbocycles. The number of hydrogen-bond acceptors (Lipinski definition) is 7. The number of alkyl halides is 3. The summed E-state index contributed by atoms with van der Waals surface area (Å²) in [4.78, 5) is 29.3. The van der Waals surface area contributed by atoms with E-state index in [1.807, 2.05) is 0 Å². The number of ether oxygens (including phenoxy) is 1. The molecule has 0 aromatic carbocycles. The fourth-order valence-corrected chi connectivity index (χ4v) is 3.90. The molecule has 8 nitrogen and oxygen atoms in total. The summed E-state index contributed by atoms with van der Waals surface area (Å²) >= 11 is 0. The molecule has 4 rings (SSSR count). The Morgan fingerprint density at radius 3 is 2.67 bits per heavy atom. The highest BCUT2D eigenvalue weighted by atomic mass is 19.4. The zero-order valence-electron chi connectivity index (χ0n) is 16.5. The number of nitrogens with zero attached hydrogens (tertiary/aromatic N) is 5. The number of carbonyl (C=O) groups excluding carboxylic acids is 1. The van der Waals surface area contributed by atoms with Crippen LogP contribution in [0.25, 0.3) is 0 Å². The first-order valence-electron chi connectivity index (χ1n) is 9.63. The topological polar surface area (TPSA) is 93.1 Å². The Morgan fingerprint density at radius 2 is 1.97 bits per heavy atom. The minimum Gasteiger partial charge on any atom is -0.436 e. The maximum absolute atomic E-state index is 13.0. The van der Waals surface area contributed by atoms with Crippen LogP contribution in [0.1, 0.15) is 48.6 Å². The maximum Gasteiger partial charge on any atom is 0.451 e. The number of halogens is 3. The fraction of sp³-hybridized carbons (Fsp3) is 0.526. The Labute approximate surface area is 170 Å². The van der Waals surface area contributed by atoms with Gasteiger partial charge >= 0.3 is 12.3 Å². The standard InChI is InChI=1S/C19H21F3N6O2/c1-11-25-9-13(15(26-11)12-3-6-23-7-4-12)18(2)10-28(17(29)30-18)14-5-8-24-16(27-14)19(20,21)22/h5,8-9,12,23H,3-4,6-7,10H2,1-2H3. The van der Waals surface area contributed by atoms with Crippen LogP contribution in [-0.2, 0) is 16.5 Å². The number of anilines is 1. The molecule has 1 unspecified atom stereocenters. The molecule has 30 heavy (non-hydrogen) atoms. The molecule has 2 saturated heterocycles. The van der Waals surface area contributed by atoms with Crippen LogP contribution < -0.4 is 10.2 Å². The van der Waals surface area contributed by atoms with E-state index in [1.165, 1.54) is 6.07 Å². The smallest absolute Gasteiger partial charge is 0.436 e. The molecular weight excluding hydrogens is 401 g/mol. The van der Waals surface area contributed by atoms with Crippen molar-refractivity contribution in [1.29, 1.82) is 0 Å². The van der Waals surface area contributed by atoms with Gasteiger partial charge in [0.15, 0.2) is 5.60 Å². The number of rotatable bonds is 3. The number of amides is 1. The number of carbonyl (C=O) groups is 1. The Balaban J connectivity index is 1.68. The van der Waals surface area contributed by atoms with Crippen LogP contribution in [0.3, 0.4) is 0 Å². The van der Waals surface area contributed by atoms with E-state index in [9.17, 15) is 18.0 Å². The van der Waals surface area contributed by atoms with Gasteiger partial charge in [0.25, 0.3) is 0 Å². The summed E-state index contributed by atoms with van der Waals surface area (Å²) in [5.41, 5.74) is 0.370. The summed E-state index contributed by atoms with van der Waals surface area (Å²) in [6.07, 6.45) is -1.09. The van der Waals surface area contributed by atoms with Gasteiger partial charge in [0, 0.05) is 23.9 Å². The lowest BCUT2D eigenvalue weighted by molar-refractivity contribution is -0.144. The third-order valence-corrected chi connectivity index (χ3v) is 5.40. The Kier molecular flexibility index (Phi) is 5.08. The van der Waals surface area contributed by atoms with E-state index in [4.69, 9.17) is 4.74 Å². The summed E-state index contributed by atoms with van der Waals surface area (Å²) in [5.74, 6) is -0.677. The molecule has 4 heterocycles. The second kappa shape index (κ2) is 7.46. The minimum absolute atomic E-state index is 0.00939. The molecule has 1 atom stereocenters. The van der Waals surface area contributed by atoms with Gasteiger partial charge in [-0.15, -0.1) is 0 Å². The van der Waals surface area contributed by atoms with E-state index >= 15 is 0 Å². The summed E-state index contributed by atoms with van der Waals surface area (Å²) < 4.78 is 44.6. The first-order chi connectivity index (χ1) is 14.2. The second-order valence-electron chi connectivity index (χ2n) is 7.66. The monoisotopic (exact) mass is 422 g/mol. The molecule has 1 N–H and O–H groups in total. The molecule has 0 saturated carbocycles. The average molecular weight is 422 g/mol. The predicted molar refractivity (Wildman–Crippen MR) is 99.8 cm³/mol. The van der Waals surface area contributed by atoms with Crippen molar-refractivity contribution in [2.45, 2.75) is 44.4 Å². The molecule has 0 spiro atoms. The molecule has 0 bridgehead atoms. The summed E-state index contributed by atoms with van der Waals surface area (Å²) in [6.45, 7) is 5.22. The normalized spacial score (nSPS) is 23.0. The van der Waals surface area contributed by atoms with E-state index in [1.54, 1.807) is 20.0 Å². The van der Waals surface area contributed by atoms with Gasteiger partial charge in [0.1, 0.15) is 11.6 Å². The van der Waals surface area contributed by atoms with E-state index in [-0.39, 0.29) is 18.3 Å². The number of aryl methyl sites for hydroxylation is 1. The highest BCUT2D eigenvalue weighted by Gasteiger charge is 2.47. The largest absolute Gasteiger partial charge is 0.451 e. The van der Waals surface area contributed by atoms with Crippen LogP contribution in [-0.4, -0.2) is 45.7 Å². The van der Waals surface area contributed by atoms with Crippen LogP contribution in [0.15, 0.2) is 18.5 Å². The molecule has 160 valence electrons. The molecule has 0 radical (unpaired) electrons. The summed E-state index contributed by atoms with van der Waals surface area (Å²) in [5, 5.41) is 3.31. The number of cyclic esters (lactones) is 1. The highest BCUT2D eigenvalue weighted by molar-refractivity contribution is 5.89. The number of piperidine rings is 1.